The van der Waals surface area contributed by atoms with Crippen molar-refractivity contribution in [3.63, 3.8) is 0 Å². The van der Waals surface area contributed by atoms with Crippen LogP contribution in [0.1, 0.15) is 16.7 Å². The molecule has 0 bridgehead atoms. The summed E-state index contributed by atoms with van der Waals surface area (Å²) in [7, 11) is 0. The third-order valence-corrected chi connectivity index (χ3v) is 5.97. The molecular weight excluding hydrogens is 432 g/mol. The van der Waals surface area contributed by atoms with E-state index in [9.17, 15) is 4.39 Å². The van der Waals surface area contributed by atoms with Gasteiger partial charge >= 0.3 is 0 Å². The molecule has 0 aromatic heterocycles. The molecule has 5 heteroatoms. The molecule has 0 aliphatic rings. The van der Waals surface area contributed by atoms with Crippen LogP contribution in [0, 0.1) is 5.82 Å². The number of hydrogen-bond donors (Lipinski definition) is 1. The molecule has 0 aliphatic heterocycles. The molecule has 158 valence electrons. The molecule has 0 aliphatic carbocycles. The molecule has 4 rings (SSSR count). The summed E-state index contributed by atoms with van der Waals surface area (Å²) in [5.74, 6) is 0.600. The lowest BCUT2D eigenvalue weighted by atomic mass is 10.0. The van der Waals surface area contributed by atoms with Gasteiger partial charge in [-0.1, -0.05) is 77.8 Å². The number of halogens is 3. The monoisotopic (exact) mass is 453 g/mol. The van der Waals surface area contributed by atoms with E-state index in [2.05, 4.69) is 17.4 Å². The first-order valence-corrected chi connectivity index (χ1v) is 10.9. The van der Waals surface area contributed by atoms with Crippen molar-refractivity contribution in [1.29, 1.82) is 0 Å². The maximum Gasteiger partial charge on any atom is 0.126 e. The van der Waals surface area contributed by atoms with Gasteiger partial charge in [0.15, 0.2) is 0 Å². The Balaban J connectivity index is 1.52. The Bertz CT molecular complexity index is 1170. The molecule has 0 radical (unpaired) electrons. The number of ether oxygens (including phenoxy) is 1. The van der Waals surface area contributed by atoms with Crippen molar-refractivity contribution in [3.8, 4) is 5.75 Å². The normalized spacial score (nSPS) is 11.1. The number of nitrogens with one attached hydrogen (secondary N) is 1. The minimum atomic E-state index is -0.171. The van der Waals surface area contributed by atoms with Crippen molar-refractivity contribution in [2.24, 2.45) is 0 Å². The highest BCUT2D eigenvalue weighted by atomic mass is 35.5. The molecule has 0 heterocycles. The van der Waals surface area contributed by atoms with Crippen molar-refractivity contribution in [2.75, 3.05) is 6.54 Å². The summed E-state index contributed by atoms with van der Waals surface area (Å²) in [4.78, 5) is 0. The molecule has 1 N–H and O–H groups in total. The fourth-order valence-electron chi connectivity index (χ4n) is 3.59. The van der Waals surface area contributed by atoms with Crippen molar-refractivity contribution in [2.45, 2.75) is 19.6 Å². The number of fused-ring (bicyclic) bond motifs is 1. The van der Waals surface area contributed by atoms with Crippen molar-refractivity contribution in [3.05, 3.63) is 111 Å². The van der Waals surface area contributed by atoms with Gasteiger partial charge in [-0.25, -0.2) is 4.39 Å². The molecule has 2 nitrogen and oxygen atoms in total. The molecule has 4 aromatic rings. The SMILES string of the molecule is Fc1ccccc1CCNCc1c(OCc2c(Cl)cccc2Cl)ccc2ccccc12. The summed E-state index contributed by atoms with van der Waals surface area (Å²) >= 11 is 12.6. The van der Waals surface area contributed by atoms with Crippen LogP contribution >= 0.6 is 23.2 Å². The third kappa shape index (κ3) is 5.19. The van der Waals surface area contributed by atoms with Gasteiger partial charge in [0.25, 0.3) is 0 Å². The Labute approximate surface area is 191 Å². The lowest BCUT2D eigenvalue weighted by Gasteiger charge is -2.16. The number of benzene rings is 4. The average Bonchev–Trinajstić information content (AvgIpc) is 2.78. The topological polar surface area (TPSA) is 21.3 Å². The first-order chi connectivity index (χ1) is 15.1. The Kier molecular flexibility index (Phi) is 7.08. The predicted molar refractivity (Wildman–Crippen MR) is 127 cm³/mol. The minimum Gasteiger partial charge on any atom is -0.488 e. The van der Waals surface area contributed by atoms with E-state index in [1.165, 1.54) is 6.07 Å². The Morgan fingerprint density at radius 3 is 2.32 bits per heavy atom. The molecule has 0 unspecified atom stereocenters. The molecule has 0 spiro atoms. The van der Waals surface area contributed by atoms with Crippen molar-refractivity contribution < 1.29 is 9.13 Å². The highest BCUT2D eigenvalue weighted by Gasteiger charge is 2.12. The van der Waals surface area contributed by atoms with Gasteiger partial charge in [-0.15, -0.1) is 0 Å². The zero-order chi connectivity index (χ0) is 21.6. The quantitative estimate of drug-likeness (QED) is 0.285. The van der Waals surface area contributed by atoms with Crippen LogP contribution in [-0.2, 0) is 19.6 Å². The maximum absolute atomic E-state index is 13.9. The summed E-state index contributed by atoms with van der Waals surface area (Å²) in [5.41, 5.74) is 2.52. The largest absolute Gasteiger partial charge is 0.488 e. The van der Waals surface area contributed by atoms with E-state index in [-0.39, 0.29) is 12.4 Å². The molecule has 0 saturated carbocycles. The third-order valence-electron chi connectivity index (χ3n) is 5.26. The second-order valence-electron chi connectivity index (χ2n) is 7.27. The molecule has 0 fully saturated rings. The van der Waals surface area contributed by atoms with Gasteiger partial charge in [-0.2, -0.15) is 0 Å². The van der Waals surface area contributed by atoms with E-state index in [0.29, 0.717) is 35.1 Å². The number of hydrogen-bond acceptors (Lipinski definition) is 2. The lowest BCUT2D eigenvalue weighted by Crippen LogP contribution is -2.18. The van der Waals surface area contributed by atoms with Crippen LogP contribution in [0.25, 0.3) is 10.8 Å². The van der Waals surface area contributed by atoms with Gasteiger partial charge in [0.2, 0.25) is 0 Å². The van der Waals surface area contributed by atoms with E-state index < -0.39 is 0 Å². The second-order valence-corrected chi connectivity index (χ2v) is 8.08. The Morgan fingerprint density at radius 2 is 1.52 bits per heavy atom. The van der Waals surface area contributed by atoms with Crippen LogP contribution in [-0.4, -0.2) is 6.54 Å². The van der Waals surface area contributed by atoms with E-state index in [1.807, 2.05) is 42.5 Å². The van der Waals surface area contributed by atoms with Crippen molar-refractivity contribution in [1.82, 2.24) is 5.32 Å². The highest BCUT2D eigenvalue weighted by molar-refractivity contribution is 6.35. The van der Waals surface area contributed by atoms with Crippen LogP contribution in [0.5, 0.6) is 5.75 Å². The Hall–Kier alpha value is -2.59. The maximum atomic E-state index is 13.9. The van der Waals surface area contributed by atoms with E-state index in [0.717, 1.165) is 27.6 Å². The van der Waals surface area contributed by atoms with Gasteiger partial charge in [0, 0.05) is 27.7 Å². The summed E-state index contributed by atoms with van der Waals surface area (Å²) in [6.07, 6.45) is 0.614. The first kappa shape index (κ1) is 21.6. The molecular formula is C26H22Cl2FNO. The van der Waals surface area contributed by atoms with Gasteiger partial charge in [0.1, 0.15) is 18.2 Å². The van der Waals surface area contributed by atoms with Gasteiger partial charge in [-0.05, 0) is 53.6 Å². The van der Waals surface area contributed by atoms with Gasteiger partial charge in [0.05, 0.1) is 0 Å². The number of rotatable bonds is 8. The average molecular weight is 454 g/mol. The summed E-state index contributed by atoms with van der Waals surface area (Å²) < 4.78 is 20.0. The minimum absolute atomic E-state index is 0.171. The van der Waals surface area contributed by atoms with E-state index >= 15 is 0 Å². The van der Waals surface area contributed by atoms with Gasteiger partial charge in [-0.3, -0.25) is 0 Å². The molecule has 0 saturated heterocycles. The highest BCUT2D eigenvalue weighted by Crippen LogP contribution is 2.31. The lowest BCUT2D eigenvalue weighted by molar-refractivity contribution is 0.303. The molecule has 31 heavy (non-hydrogen) atoms. The molecule has 0 amide bonds. The molecule has 0 atom stereocenters. The van der Waals surface area contributed by atoms with Crippen LogP contribution in [0.2, 0.25) is 10.0 Å². The smallest absolute Gasteiger partial charge is 0.126 e. The molecule has 4 aromatic carbocycles. The summed E-state index contributed by atoms with van der Waals surface area (Å²) in [6, 6.07) is 24.5. The zero-order valence-corrected chi connectivity index (χ0v) is 18.4. The van der Waals surface area contributed by atoms with Crippen LogP contribution in [0.3, 0.4) is 0 Å². The first-order valence-electron chi connectivity index (χ1n) is 10.1. The standard InChI is InChI=1S/C26H22Cl2FNO/c27-23-9-5-10-24(28)22(23)17-31-26-13-12-18-6-1-3-8-20(18)21(26)16-30-15-14-19-7-2-4-11-25(19)29/h1-13,30H,14-17H2. The van der Waals surface area contributed by atoms with E-state index in [4.69, 9.17) is 27.9 Å². The van der Waals surface area contributed by atoms with Crippen LogP contribution in [0.15, 0.2) is 78.9 Å². The van der Waals surface area contributed by atoms with Crippen LogP contribution in [0.4, 0.5) is 4.39 Å². The van der Waals surface area contributed by atoms with Gasteiger partial charge < -0.3 is 10.1 Å². The Morgan fingerprint density at radius 1 is 0.774 bits per heavy atom. The fraction of sp³-hybridized carbons (Fsp3) is 0.154. The summed E-state index contributed by atoms with van der Waals surface area (Å²) in [6.45, 7) is 1.53. The van der Waals surface area contributed by atoms with Crippen LogP contribution < -0.4 is 10.1 Å². The zero-order valence-electron chi connectivity index (χ0n) is 16.9. The van der Waals surface area contributed by atoms with E-state index in [1.54, 1.807) is 18.2 Å². The second kappa shape index (κ2) is 10.1. The van der Waals surface area contributed by atoms with Crippen molar-refractivity contribution >= 4 is 34.0 Å². The summed E-state index contributed by atoms with van der Waals surface area (Å²) in [5, 5.41) is 6.84. The predicted octanol–water partition coefficient (Wildman–Crippen LogP) is 7.20. The fourth-order valence-corrected chi connectivity index (χ4v) is 4.10.